The fourth-order valence-electron chi connectivity index (χ4n) is 3.72. The number of benzene rings is 2. The number of fused-ring (bicyclic) bond motifs is 2. The van der Waals surface area contributed by atoms with Crippen LogP contribution in [0.3, 0.4) is 0 Å². The van der Waals surface area contributed by atoms with Crippen LogP contribution in [0.2, 0.25) is 0 Å². The van der Waals surface area contributed by atoms with Gasteiger partial charge in [0.2, 0.25) is 0 Å². The minimum Gasteiger partial charge on any atom is -0.507 e. The van der Waals surface area contributed by atoms with Gasteiger partial charge in [0.25, 0.3) is 0 Å². The van der Waals surface area contributed by atoms with Gasteiger partial charge < -0.3 is 23.5 Å². The van der Waals surface area contributed by atoms with Crippen LogP contribution in [-0.4, -0.2) is 10.2 Å². The maximum absolute atomic E-state index is 12.9. The van der Waals surface area contributed by atoms with Crippen LogP contribution in [0.1, 0.15) is 22.6 Å². The van der Waals surface area contributed by atoms with Gasteiger partial charge >= 0.3 is 11.3 Å². The van der Waals surface area contributed by atoms with Crippen LogP contribution < -0.4 is 11.3 Å². The molecule has 148 valence electrons. The first-order valence-corrected chi connectivity index (χ1v) is 9.07. The maximum Gasteiger partial charge on any atom is 0.344 e. The summed E-state index contributed by atoms with van der Waals surface area (Å²) in [4.78, 5) is 25.8. The van der Waals surface area contributed by atoms with Crippen molar-refractivity contribution in [3.8, 4) is 11.5 Å². The Balaban J connectivity index is 1.90. The first-order valence-electron chi connectivity index (χ1n) is 9.07. The van der Waals surface area contributed by atoms with Crippen LogP contribution in [-0.2, 0) is 0 Å². The van der Waals surface area contributed by atoms with Crippen molar-refractivity contribution < 1.29 is 23.5 Å². The predicted molar refractivity (Wildman–Crippen MR) is 108 cm³/mol. The summed E-state index contributed by atoms with van der Waals surface area (Å²) in [6.07, 6.45) is 2.69. The van der Waals surface area contributed by atoms with Crippen molar-refractivity contribution in [3.63, 3.8) is 0 Å². The molecule has 0 bridgehead atoms. The summed E-state index contributed by atoms with van der Waals surface area (Å²) < 4.78 is 15.9. The molecule has 0 amide bonds. The van der Waals surface area contributed by atoms with Gasteiger partial charge in [-0.3, -0.25) is 0 Å². The number of aromatic hydroxyl groups is 2. The second-order valence-electron chi connectivity index (χ2n) is 6.79. The van der Waals surface area contributed by atoms with E-state index in [0.717, 1.165) is 0 Å². The molecule has 0 saturated heterocycles. The van der Waals surface area contributed by atoms with Crippen LogP contribution in [0.5, 0.6) is 11.5 Å². The average Bonchev–Trinajstić information content (AvgIpc) is 3.27. The first kappa shape index (κ1) is 17.8. The highest BCUT2D eigenvalue weighted by Crippen LogP contribution is 2.41. The van der Waals surface area contributed by atoms with E-state index in [1.54, 1.807) is 48.5 Å². The molecule has 0 fully saturated rings. The molecule has 0 aliphatic rings. The predicted octanol–water partition coefficient (Wildman–Crippen LogP) is 4.08. The van der Waals surface area contributed by atoms with Gasteiger partial charge in [0, 0.05) is 5.56 Å². The molecule has 2 N–H and O–H groups in total. The van der Waals surface area contributed by atoms with Crippen LogP contribution in [0.4, 0.5) is 0 Å². The SMILES string of the molecule is O=c1oc2ccccc2c(O)c1C(c1ccoc1)c1c(O)c2ccccc2oc1=O. The normalized spacial score (nSPS) is 11.5. The number of hydrogen-bond donors (Lipinski definition) is 2. The van der Waals surface area contributed by atoms with E-state index >= 15 is 0 Å². The Labute approximate surface area is 168 Å². The lowest BCUT2D eigenvalue weighted by molar-refractivity contribution is 0.441. The lowest BCUT2D eigenvalue weighted by atomic mass is 9.86. The van der Waals surface area contributed by atoms with Crippen molar-refractivity contribution in [2.45, 2.75) is 5.92 Å². The smallest absolute Gasteiger partial charge is 0.344 e. The molecule has 7 nitrogen and oxygen atoms in total. The zero-order chi connectivity index (χ0) is 20.8. The summed E-state index contributed by atoms with van der Waals surface area (Å²) in [6, 6.07) is 14.5. The van der Waals surface area contributed by atoms with Crippen LogP contribution in [0.25, 0.3) is 21.9 Å². The van der Waals surface area contributed by atoms with Crippen LogP contribution in [0.15, 0.2) is 90.0 Å². The Morgan fingerprint density at radius 3 is 1.67 bits per heavy atom. The molecule has 0 spiro atoms. The zero-order valence-corrected chi connectivity index (χ0v) is 15.4. The number of hydrogen-bond acceptors (Lipinski definition) is 7. The fourth-order valence-corrected chi connectivity index (χ4v) is 3.72. The standard InChI is InChI=1S/C23H14O7/c24-20-13-5-1-3-7-15(13)29-22(26)18(20)17(12-9-10-28-11-12)19-21(25)14-6-2-4-8-16(14)30-23(19)27/h1-11,17,24-25H. The minimum absolute atomic E-state index is 0.199. The second-order valence-corrected chi connectivity index (χ2v) is 6.79. The van der Waals surface area contributed by atoms with Crippen molar-refractivity contribution in [2.75, 3.05) is 0 Å². The highest BCUT2D eigenvalue weighted by Gasteiger charge is 2.33. The molecule has 0 aliphatic heterocycles. The summed E-state index contributed by atoms with van der Waals surface area (Å²) in [5, 5.41) is 22.5. The van der Waals surface area contributed by atoms with Gasteiger partial charge in [0.05, 0.1) is 40.3 Å². The molecule has 7 heteroatoms. The highest BCUT2D eigenvalue weighted by molar-refractivity contribution is 5.86. The first-order chi connectivity index (χ1) is 14.6. The van der Waals surface area contributed by atoms with Gasteiger partial charge in [0.1, 0.15) is 22.7 Å². The Morgan fingerprint density at radius 1 is 0.700 bits per heavy atom. The van der Waals surface area contributed by atoms with Crippen LogP contribution >= 0.6 is 0 Å². The maximum atomic E-state index is 12.9. The molecule has 2 aromatic carbocycles. The van der Waals surface area contributed by atoms with E-state index in [1.807, 2.05) is 0 Å². The molecular formula is C23H14O7. The number of furan rings is 1. The summed E-state index contributed by atoms with van der Waals surface area (Å²) in [6.45, 7) is 0. The van der Waals surface area contributed by atoms with Crippen molar-refractivity contribution in [2.24, 2.45) is 0 Å². The largest absolute Gasteiger partial charge is 0.507 e. The van der Waals surface area contributed by atoms with Crippen molar-refractivity contribution in [3.05, 3.63) is 105 Å². The molecule has 0 radical (unpaired) electrons. The van der Waals surface area contributed by atoms with Gasteiger partial charge in [-0.2, -0.15) is 0 Å². The number of rotatable bonds is 3. The molecular weight excluding hydrogens is 388 g/mol. The highest BCUT2D eigenvalue weighted by atomic mass is 16.4. The molecule has 5 rings (SSSR count). The average molecular weight is 402 g/mol. The molecule has 3 heterocycles. The third-order valence-electron chi connectivity index (χ3n) is 5.09. The Kier molecular flexibility index (Phi) is 3.96. The van der Waals surface area contributed by atoms with E-state index in [-0.39, 0.29) is 33.8 Å². The van der Waals surface area contributed by atoms with Gasteiger partial charge in [-0.15, -0.1) is 0 Å². The third kappa shape index (κ3) is 2.60. The van der Waals surface area contributed by atoms with Gasteiger partial charge in [-0.25, -0.2) is 9.59 Å². The lowest BCUT2D eigenvalue weighted by Gasteiger charge is -2.18. The quantitative estimate of drug-likeness (QED) is 0.437. The van der Waals surface area contributed by atoms with E-state index in [4.69, 9.17) is 13.3 Å². The van der Waals surface area contributed by atoms with Gasteiger partial charge in [0.15, 0.2) is 0 Å². The monoisotopic (exact) mass is 402 g/mol. The van der Waals surface area contributed by atoms with E-state index < -0.39 is 17.2 Å². The molecule has 0 aliphatic carbocycles. The molecule has 0 saturated carbocycles. The van der Waals surface area contributed by atoms with Crippen molar-refractivity contribution in [1.82, 2.24) is 0 Å². The second kappa shape index (κ2) is 6.66. The Morgan fingerprint density at radius 2 is 1.20 bits per heavy atom. The fraction of sp³-hybridized carbons (Fsp3) is 0.0435. The summed E-state index contributed by atoms with van der Waals surface area (Å²) in [7, 11) is 0. The summed E-state index contributed by atoms with van der Waals surface area (Å²) >= 11 is 0. The lowest BCUT2D eigenvalue weighted by Crippen LogP contribution is -2.21. The van der Waals surface area contributed by atoms with Crippen molar-refractivity contribution in [1.29, 1.82) is 0 Å². The molecule has 0 unspecified atom stereocenters. The Bertz CT molecular complexity index is 1410. The van der Waals surface area contributed by atoms with E-state index in [9.17, 15) is 19.8 Å². The summed E-state index contributed by atoms with van der Waals surface area (Å²) in [5.41, 5.74) is -1.32. The van der Waals surface area contributed by atoms with Crippen molar-refractivity contribution >= 4 is 21.9 Å². The Hall–Kier alpha value is -4.26. The molecule has 0 atom stereocenters. The minimum atomic E-state index is -1.18. The van der Waals surface area contributed by atoms with E-state index in [0.29, 0.717) is 16.3 Å². The molecule has 3 aromatic heterocycles. The third-order valence-corrected chi connectivity index (χ3v) is 5.09. The van der Waals surface area contributed by atoms with Gasteiger partial charge in [-0.1, -0.05) is 24.3 Å². The topological polar surface area (TPSA) is 114 Å². The van der Waals surface area contributed by atoms with Crippen LogP contribution in [0, 0.1) is 0 Å². The van der Waals surface area contributed by atoms with E-state index in [1.165, 1.54) is 18.6 Å². The number of para-hydroxylation sites is 2. The molecule has 30 heavy (non-hydrogen) atoms. The molecule has 5 aromatic rings. The summed E-state index contributed by atoms with van der Waals surface area (Å²) in [5.74, 6) is -1.87. The zero-order valence-electron chi connectivity index (χ0n) is 15.4. The van der Waals surface area contributed by atoms with E-state index in [2.05, 4.69) is 0 Å². The van der Waals surface area contributed by atoms with Gasteiger partial charge in [-0.05, 0) is 30.3 Å².